The van der Waals surface area contributed by atoms with Crippen molar-refractivity contribution in [2.45, 2.75) is 0 Å². The van der Waals surface area contributed by atoms with E-state index in [1.807, 2.05) is 6.07 Å². The average Bonchev–Trinajstić information content (AvgIpc) is 1.89. The van der Waals surface area contributed by atoms with Gasteiger partial charge >= 0.3 is 0 Å². The van der Waals surface area contributed by atoms with Gasteiger partial charge in [-0.25, -0.2) is 0 Å². The SMILES string of the molecule is C=P(CC#N)(OC)OC. The molecule has 0 spiro atoms. The Labute approximate surface area is 55.3 Å². The van der Waals surface area contributed by atoms with Crippen molar-refractivity contribution in [2.24, 2.45) is 0 Å². The van der Waals surface area contributed by atoms with Gasteiger partial charge in [0.25, 0.3) is 0 Å². The molecule has 0 rings (SSSR count). The van der Waals surface area contributed by atoms with Crippen LogP contribution in [0.15, 0.2) is 0 Å². The fourth-order valence-corrected chi connectivity index (χ4v) is 0.934. The third-order valence-electron chi connectivity index (χ3n) is 0.977. The summed E-state index contributed by atoms with van der Waals surface area (Å²) in [5.41, 5.74) is 0. The summed E-state index contributed by atoms with van der Waals surface area (Å²) >= 11 is 0. The van der Waals surface area contributed by atoms with E-state index in [-0.39, 0.29) is 6.16 Å². The Kier molecular flexibility index (Phi) is 3.56. The topological polar surface area (TPSA) is 42.2 Å². The molecule has 0 heterocycles. The van der Waals surface area contributed by atoms with Crippen molar-refractivity contribution in [1.82, 2.24) is 0 Å². The van der Waals surface area contributed by atoms with Crippen LogP contribution in [0.2, 0.25) is 0 Å². The Hall–Kier alpha value is -0.290. The highest BCUT2D eigenvalue weighted by atomic mass is 31.2. The average molecular weight is 147 g/mol. The molecule has 0 fully saturated rings. The number of nitriles is 1. The molecule has 0 amide bonds. The molecule has 0 aromatic carbocycles. The molecule has 0 radical (unpaired) electrons. The maximum atomic E-state index is 8.24. The summed E-state index contributed by atoms with van der Waals surface area (Å²) < 4.78 is 9.77. The predicted molar refractivity (Wildman–Crippen MR) is 38.5 cm³/mol. The van der Waals surface area contributed by atoms with Gasteiger partial charge in [-0.05, 0) is 0 Å². The van der Waals surface area contributed by atoms with Crippen LogP contribution < -0.4 is 0 Å². The first-order chi connectivity index (χ1) is 4.18. The van der Waals surface area contributed by atoms with Gasteiger partial charge < -0.3 is 9.05 Å². The smallest absolute Gasteiger partial charge is 0.130 e. The Morgan fingerprint density at radius 3 is 2.11 bits per heavy atom. The molecule has 4 heteroatoms. The van der Waals surface area contributed by atoms with Crippen LogP contribution >= 0.6 is 7.34 Å². The van der Waals surface area contributed by atoms with E-state index in [0.717, 1.165) is 0 Å². The van der Waals surface area contributed by atoms with Gasteiger partial charge in [0, 0.05) is 14.2 Å². The molecule has 0 saturated heterocycles. The van der Waals surface area contributed by atoms with Crippen LogP contribution in [0.4, 0.5) is 0 Å². The first kappa shape index (κ1) is 8.71. The lowest BCUT2D eigenvalue weighted by Crippen LogP contribution is -1.91. The summed E-state index contributed by atoms with van der Waals surface area (Å²) in [4.78, 5) is 0. The molecule has 0 aliphatic carbocycles. The molecular formula is C5H10NO2P. The molecule has 0 aliphatic rings. The van der Waals surface area contributed by atoms with Gasteiger partial charge in [-0.15, -0.1) is 0 Å². The van der Waals surface area contributed by atoms with Crippen LogP contribution in [0, 0.1) is 11.3 Å². The van der Waals surface area contributed by atoms with Gasteiger partial charge in [-0.2, -0.15) is 5.26 Å². The van der Waals surface area contributed by atoms with Crippen molar-refractivity contribution >= 4 is 13.6 Å². The van der Waals surface area contributed by atoms with Gasteiger partial charge in [0.05, 0.1) is 6.07 Å². The lowest BCUT2D eigenvalue weighted by atomic mass is 10.9. The van der Waals surface area contributed by atoms with Crippen LogP contribution in [-0.2, 0) is 9.05 Å². The third-order valence-corrected chi connectivity index (χ3v) is 2.93. The first-order valence-corrected chi connectivity index (χ1v) is 4.39. The summed E-state index contributed by atoms with van der Waals surface area (Å²) in [5.74, 6) is 0. The van der Waals surface area contributed by atoms with Crippen molar-refractivity contribution in [3.05, 3.63) is 0 Å². The second kappa shape index (κ2) is 3.68. The molecule has 0 unspecified atom stereocenters. The lowest BCUT2D eigenvalue weighted by molar-refractivity contribution is 0.338. The quantitative estimate of drug-likeness (QED) is 0.561. The molecule has 0 saturated carbocycles. The molecule has 0 N–H and O–H groups in total. The van der Waals surface area contributed by atoms with Crippen molar-refractivity contribution in [3.8, 4) is 6.07 Å². The number of hydrogen-bond donors (Lipinski definition) is 0. The number of rotatable bonds is 3. The summed E-state index contributed by atoms with van der Waals surface area (Å²) in [7, 11) is 0.961. The summed E-state index contributed by atoms with van der Waals surface area (Å²) in [6.45, 7) is 0. The van der Waals surface area contributed by atoms with Crippen LogP contribution in [0.1, 0.15) is 0 Å². The molecule has 9 heavy (non-hydrogen) atoms. The highest BCUT2D eigenvalue weighted by Gasteiger charge is 2.09. The van der Waals surface area contributed by atoms with E-state index >= 15 is 0 Å². The highest BCUT2D eigenvalue weighted by molar-refractivity contribution is 7.64. The monoisotopic (exact) mass is 147 g/mol. The Morgan fingerprint density at radius 1 is 1.56 bits per heavy atom. The van der Waals surface area contributed by atoms with Gasteiger partial charge in [-0.1, -0.05) is 6.30 Å². The molecular weight excluding hydrogens is 137 g/mol. The Morgan fingerprint density at radius 2 is 2.00 bits per heavy atom. The second-order valence-electron chi connectivity index (χ2n) is 1.50. The molecule has 0 aliphatic heterocycles. The fraction of sp³-hybridized carbons (Fsp3) is 0.600. The first-order valence-electron chi connectivity index (χ1n) is 2.39. The van der Waals surface area contributed by atoms with Crippen molar-refractivity contribution < 1.29 is 9.05 Å². The fourth-order valence-electron chi connectivity index (χ4n) is 0.311. The predicted octanol–water partition coefficient (Wildman–Crippen LogP) is 1.08. The van der Waals surface area contributed by atoms with E-state index in [0.29, 0.717) is 0 Å². The van der Waals surface area contributed by atoms with E-state index in [4.69, 9.17) is 14.3 Å². The van der Waals surface area contributed by atoms with Crippen LogP contribution in [-0.4, -0.2) is 26.7 Å². The number of hydrogen-bond acceptors (Lipinski definition) is 3. The van der Waals surface area contributed by atoms with Crippen molar-refractivity contribution in [1.29, 1.82) is 5.26 Å². The zero-order valence-corrected chi connectivity index (χ0v) is 6.52. The van der Waals surface area contributed by atoms with E-state index < -0.39 is 7.34 Å². The summed E-state index contributed by atoms with van der Waals surface area (Å²) in [6.07, 6.45) is 3.89. The van der Waals surface area contributed by atoms with Gasteiger partial charge in [0.1, 0.15) is 13.5 Å². The second-order valence-corrected chi connectivity index (χ2v) is 4.17. The van der Waals surface area contributed by atoms with E-state index in [9.17, 15) is 0 Å². The maximum absolute atomic E-state index is 8.24. The van der Waals surface area contributed by atoms with Crippen LogP contribution in [0.25, 0.3) is 0 Å². The largest absolute Gasteiger partial charge is 0.340 e. The molecule has 0 aromatic rings. The number of nitrogens with zero attached hydrogens (tertiary/aromatic N) is 1. The van der Waals surface area contributed by atoms with E-state index in [2.05, 4.69) is 6.30 Å². The van der Waals surface area contributed by atoms with Crippen LogP contribution in [0.3, 0.4) is 0 Å². The molecule has 3 nitrogen and oxygen atoms in total. The molecule has 0 bridgehead atoms. The zero-order valence-electron chi connectivity index (χ0n) is 5.63. The van der Waals surface area contributed by atoms with Crippen LogP contribution in [0.5, 0.6) is 0 Å². The molecule has 0 atom stereocenters. The standard InChI is InChI=1S/C5H10NO2P/c1-7-9(3,8-2)5-4-6/h3,5H2,1-2H3. The third kappa shape index (κ3) is 2.67. The zero-order chi connectivity index (χ0) is 7.33. The van der Waals surface area contributed by atoms with Crippen molar-refractivity contribution in [2.75, 3.05) is 20.4 Å². The van der Waals surface area contributed by atoms with E-state index in [1.54, 1.807) is 0 Å². The minimum atomic E-state index is -2.04. The minimum absolute atomic E-state index is 0.250. The normalized spacial score (nSPS) is 10.8. The molecule has 52 valence electrons. The maximum Gasteiger partial charge on any atom is 0.130 e. The Balaban J connectivity index is 3.98. The lowest BCUT2D eigenvalue weighted by Gasteiger charge is -2.15. The van der Waals surface area contributed by atoms with Gasteiger partial charge in [-0.3, -0.25) is 0 Å². The summed E-state index contributed by atoms with van der Waals surface area (Å²) in [5, 5.41) is 8.24. The van der Waals surface area contributed by atoms with E-state index in [1.165, 1.54) is 14.2 Å². The van der Waals surface area contributed by atoms with Crippen molar-refractivity contribution in [3.63, 3.8) is 0 Å². The highest BCUT2D eigenvalue weighted by Crippen LogP contribution is 2.44. The van der Waals surface area contributed by atoms with Gasteiger partial charge in [0.2, 0.25) is 0 Å². The van der Waals surface area contributed by atoms with Gasteiger partial charge in [0.15, 0.2) is 0 Å². The Bertz CT molecular complexity index is 153. The summed E-state index contributed by atoms with van der Waals surface area (Å²) in [6, 6.07) is 1.95. The molecule has 0 aromatic heterocycles. The minimum Gasteiger partial charge on any atom is -0.340 e.